The van der Waals surface area contributed by atoms with Crippen LogP contribution in [0.5, 0.6) is 0 Å². The summed E-state index contributed by atoms with van der Waals surface area (Å²) in [7, 11) is -3.72. The van der Waals surface area contributed by atoms with E-state index in [-0.39, 0.29) is 17.3 Å². The molecule has 1 aromatic rings. The molecule has 0 unspecified atom stereocenters. The summed E-state index contributed by atoms with van der Waals surface area (Å²) in [6.45, 7) is 3.83. The summed E-state index contributed by atoms with van der Waals surface area (Å²) in [6, 6.07) is 4.63. The minimum absolute atomic E-state index is 0.0933. The van der Waals surface area contributed by atoms with E-state index in [1.165, 1.54) is 6.07 Å². The van der Waals surface area contributed by atoms with Crippen molar-refractivity contribution in [3.63, 3.8) is 0 Å². The molecule has 0 saturated heterocycles. The molecule has 7 heteroatoms. The fourth-order valence-corrected chi connectivity index (χ4v) is 2.73. The van der Waals surface area contributed by atoms with Crippen LogP contribution in [0.2, 0.25) is 0 Å². The number of nitrogen functional groups attached to an aromatic ring is 1. The molecule has 0 fully saturated rings. The highest BCUT2D eigenvalue weighted by molar-refractivity contribution is 7.89. The Morgan fingerprint density at radius 3 is 2.68 bits per heavy atom. The zero-order valence-corrected chi connectivity index (χ0v) is 11.9. The van der Waals surface area contributed by atoms with Crippen LogP contribution in [0.4, 0.5) is 5.69 Å². The van der Waals surface area contributed by atoms with E-state index in [0.29, 0.717) is 17.8 Å². The van der Waals surface area contributed by atoms with Crippen molar-refractivity contribution < 1.29 is 13.2 Å². The number of benzene rings is 1. The Bertz CT molecular complexity index is 555. The lowest BCUT2D eigenvalue weighted by molar-refractivity contribution is -0.119. The van der Waals surface area contributed by atoms with Gasteiger partial charge in [0, 0.05) is 12.2 Å². The number of hydrogen-bond donors (Lipinski definition) is 3. The third-order valence-corrected chi connectivity index (χ3v) is 4.04. The second-order valence-electron chi connectivity index (χ2n) is 4.20. The summed E-state index contributed by atoms with van der Waals surface area (Å²) in [5, 5.41) is 2.59. The molecular weight excluding hydrogens is 266 g/mol. The average molecular weight is 285 g/mol. The van der Waals surface area contributed by atoms with Crippen LogP contribution in [0, 0.1) is 6.92 Å². The van der Waals surface area contributed by atoms with E-state index in [4.69, 9.17) is 5.73 Å². The number of carbonyl (C=O) groups is 1. The second-order valence-corrected chi connectivity index (χ2v) is 5.93. The first-order valence-electron chi connectivity index (χ1n) is 5.99. The SMILES string of the molecule is CCCNC(=O)CNS(=O)(=O)c1cc(N)ccc1C. The van der Waals surface area contributed by atoms with E-state index in [0.717, 1.165) is 6.42 Å². The Balaban J connectivity index is 2.76. The maximum atomic E-state index is 12.0. The number of anilines is 1. The first-order chi connectivity index (χ1) is 8.86. The van der Waals surface area contributed by atoms with Crippen molar-refractivity contribution in [2.45, 2.75) is 25.2 Å². The highest BCUT2D eigenvalue weighted by Gasteiger charge is 2.17. The number of nitrogens with one attached hydrogen (secondary N) is 2. The topological polar surface area (TPSA) is 101 Å². The first-order valence-corrected chi connectivity index (χ1v) is 7.47. The zero-order valence-electron chi connectivity index (χ0n) is 11.1. The molecule has 1 rings (SSSR count). The standard InChI is InChI=1S/C12H19N3O3S/c1-3-6-14-12(16)8-15-19(17,18)11-7-10(13)5-4-9(11)2/h4-5,7,15H,3,6,8,13H2,1-2H3,(H,14,16). The molecule has 0 saturated carbocycles. The van der Waals surface area contributed by atoms with Crippen LogP contribution in [0.25, 0.3) is 0 Å². The third kappa shape index (κ3) is 4.53. The van der Waals surface area contributed by atoms with Gasteiger partial charge in [0.15, 0.2) is 0 Å². The van der Waals surface area contributed by atoms with Crippen LogP contribution >= 0.6 is 0 Å². The van der Waals surface area contributed by atoms with E-state index in [9.17, 15) is 13.2 Å². The van der Waals surface area contributed by atoms with Gasteiger partial charge in [-0.25, -0.2) is 13.1 Å². The maximum Gasteiger partial charge on any atom is 0.241 e. The van der Waals surface area contributed by atoms with Gasteiger partial charge in [-0.2, -0.15) is 0 Å². The number of hydrogen-bond acceptors (Lipinski definition) is 4. The number of rotatable bonds is 6. The normalized spacial score (nSPS) is 11.3. The van der Waals surface area contributed by atoms with Crippen molar-refractivity contribution in [1.82, 2.24) is 10.0 Å². The lowest BCUT2D eigenvalue weighted by Gasteiger charge is -2.10. The summed E-state index contributed by atoms with van der Waals surface area (Å²) < 4.78 is 26.3. The monoisotopic (exact) mass is 285 g/mol. The number of aryl methyl sites for hydroxylation is 1. The number of nitrogens with two attached hydrogens (primary N) is 1. The molecular formula is C12H19N3O3S. The minimum Gasteiger partial charge on any atom is -0.399 e. The van der Waals surface area contributed by atoms with Crippen molar-refractivity contribution in [1.29, 1.82) is 0 Å². The number of carbonyl (C=O) groups excluding carboxylic acids is 1. The molecule has 1 aromatic carbocycles. The molecule has 1 amide bonds. The minimum atomic E-state index is -3.72. The van der Waals surface area contributed by atoms with Gasteiger partial charge in [0.25, 0.3) is 0 Å². The Hall–Kier alpha value is -1.60. The molecule has 0 aromatic heterocycles. The van der Waals surface area contributed by atoms with E-state index >= 15 is 0 Å². The highest BCUT2D eigenvalue weighted by atomic mass is 32.2. The van der Waals surface area contributed by atoms with Gasteiger partial charge in [0.2, 0.25) is 15.9 Å². The van der Waals surface area contributed by atoms with Gasteiger partial charge in [-0.15, -0.1) is 0 Å². The van der Waals surface area contributed by atoms with Gasteiger partial charge in [0.1, 0.15) is 0 Å². The average Bonchev–Trinajstić information content (AvgIpc) is 2.36. The second kappa shape index (κ2) is 6.53. The van der Waals surface area contributed by atoms with Crippen molar-refractivity contribution in [2.24, 2.45) is 0 Å². The Morgan fingerprint density at radius 1 is 1.37 bits per heavy atom. The third-order valence-electron chi connectivity index (χ3n) is 2.50. The van der Waals surface area contributed by atoms with Crippen LogP contribution in [-0.4, -0.2) is 27.4 Å². The van der Waals surface area contributed by atoms with Gasteiger partial charge >= 0.3 is 0 Å². The Kier molecular flexibility index (Phi) is 5.31. The van der Waals surface area contributed by atoms with Crippen LogP contribution in [-0.2, 0) is 14.8 Å². The summed E-state index contributed by atoms with van der Waals surface area (Å²) in [5.41, 5.74) is 6.52. The van der Waals surface area contributed by atoms with Crippen molar-refractivity contribution in [3.05, 3.63) is 23.8 Å². The van der Waals surface area contributed by atoms with Crippen molar-refractivity contribution in [3.8, 4) is 0 Å². The molecule has 19 heavy (non-hydrogen) atoms. The van der Waals surface area contributed by atoms with Crippen LogP contribution in [0.1, 0.15) is 18.9 Å². The summed E-state index contributed by atoms with van der Waals surface area (Å²) in [5.74, 6) is -0.355. The quantitative estimate of drug-likeness (QED) is 0.658. The molecule has 6 nitrogen and oxygen atoms in total. The largest absolute Gasteiger partial charge is 0.399 e. The first kappa shape index (κ1) is 15.5. The van der Waals surface area contributed by atoms with E-state index in [1.54, 1.807) is 19.1 Å². The van der Waals surface area contributed by atoms with Crippen molar-refractivity contribution in [2.75, 3.05) is 18.8 Å². The van der Waals surface area contributed by atoms with Crippen molar-refractivity contribution >= 4 is 21.6 Å². The number of amides is 1. The lowest BCUT2D eigenvalue weighted by Crippen LogP contribution is -2.37. The maximum absolute atomic E-state index is 12.0. The Labute approximate surface area is 113 Å². The zero-order chi connectivity index (χ0) is 14.5. The summed E-state index contributed by atoms with van der Waals surface area (Å²) in [4.78, 5) is 11.5. The molecule has 0 radical (unpaired) electrons. The molecule has 106 valence electrons. The molecule has 0 aliphatic heterocycles. The lowest BCUT2D eigenvalue weighted by atomic mass is 10.2. The van der Waals surface area contributed by atoms with Crippen LogP contribution < -0.4 is 15.8 Å². The van der Waals surface area contributed by atoms with E-state index < -0.39 is 10.0 Å². The summed E-state index contributed by atoms with van der Waals surface area (Å²) >= 11 is 0. The molecule has 0 atom stereocenters. The van der Waals surface area contributed by atoms with Crippen LogP contribution in [0.15, 0.2) is 23.1 Å². The van der Waals surface area contributed by atoms with Crippen LogP contribution in [0.3, 0.4) is 0 Å². The fourth-order valence-electron chi connectivity index (χ4n) is 1.47. The summed E-state index contributed by atoms with van der Waals surface area (Å²) in [6.07, 6.45) is 0.798. The molecule has 0 spiro atoms. The number of sulfonamides is 1. The molecule has 0 heterocycles. The van der Waals surface area contributed by atoms with Gasteiger partial charge in [-0.1, -0.05) is 13.0 Å². The molecule has 0 aliphatic rings. The van der Waals surface area contributed by atoms with E-state index in [1.807, 2.05) is 6.92 Å². The predicted molar refractivity (Wildman–Crippen MR) is 74.1 cm³/mol. The molecule has 0 aliphatic carbocycles. The van der Waals surface area contributed by atoms with Gasteiger partial charge in [-0.3, -0.25) is 4.79 Å². The molecule has 0 bridgehead atoms. The molecule has 4 N–H and O–H groups in total. The Morgan fingerprint density at radius 2 is 2.05 bits per heavy atom. The smallest absolute Gasteiger partial charge is 0.241 e. The predicted octanol–water partition coefficient (Wildman–Crippen LogP) is 0.382. The highest BCUT2D eigenvalue weighted by Crippen LogP contribution is 2.17. The van der Waals surface area contributed by atoms with Gasteiger partial charge in [-0.05, 0) is 31.0 Å². The fraction of sp³-hybridized carbons (Fsp3) is 0.417. The van der Waals surface area contributed by atoms with Gasteiger partial charge < -0.3 is 11.1 Å². The van der Waals surface area contributed by atoms with Gasteiger partial charge in [0.05, 0.1) is 11.4 Å². The van der Waals surface area contributed by atoms with E-state index in [2.05, 4.69) is 10.0 Å².